The second-order valence-corrected chi connectivity index (χ2v) is 14.0. The minimum absolute atomic E-state index is 0.0102. The van der Waals surface area contributed by atoms with E-state index in [1.165, 1.54) is 167 Å². The molecule has 0 aromatic rings. The maximum atomic E-state index is 12.4. The highest BCUT2D eigenvalue weighted by Crippen LogP contribution is 2.33. The fourth-order valence-corrected chi connectivity index (χ4v) is 7.38. The van der Waals surface area contributed by atoms with E-state index in [1.807, 2.05) is 0 Å². The molecule has 0 bridgehead atoms. The Morgan fingerprint density at radius 1 is 0.395 bits per heavy atom. The smallest absolute Gasteiger partial charge is 0.222 e. The molecular weight excluding hydrogens is 530 g/mol. The van der Waals surface area contributed by atoms with Crippen molar-refractivity contribution in [2.45, 2.75) is 219 Å². The third-order valence-electron chi connectivity index (χ3n) is 10.1. The first-order valence-electron chi connectivity index (χ1n) is 19.4. The number of unbranched alkanes of at least 4 members (excludes halogenated alkanes) is 26. The Hall–Kier alpha value is -1.10. The van der Waals surface area contributed by atoms with Gasteiger partial charge in [-0.15, -0.1) is 0 Å². The Balaban J connectivity index is 2.14. The van der Waals surface area contributed by atoms with E-state index >= 15 is 0 Å². The van der Waals surface area contributed by atoms with Crippen LogP contribution in [0.15, 0.2) is 0 Å². The summed E-state index contributed by atoms with van der Waals surface area (Å²) in [7, 11) is 0. The zero-order chi connectivity index (χ0) is 31.4. The third kappa shape index (κ3) is 20.5. The lowest BCUT2D eigenvalue weighted by atomic mass is 9.83. The molecule has 1 saturated heterocycles. The van der Waals surface area contributed by atoms with Gasteiger partial charge in [-0.3, -0.25) is 9.59 Å². The molecular formula is C38H75N3O2. The molecule has 5 N–H and O–H groups in total. The molecule has 1 fully saturated rings. The quantitative estimate of drug-likeness (QED) is 0.0665. The maximum Gasteiger partial charge on any atom is 0.222 e. The topological polar surface area (TPSA) is 98.2 Å². The number of carbonyl (C=O) groups is 2. The van der Waals surface area contributed by atoms with E-state index in [0.29, 0.717) is 0 Å². The summed E-state index contributed by atoms with van der Waals surface area (Å²) >= 11 is 0. The monoisotopic (exact) mass is 606 g/mol. The number of hydrogen-bond donors (Lipinski definition) is 3. The van der Waals surface area contributed by atoms with Gasteiger partial charge in [-0.05, 0) is 12.8 Å². The summed E-state index contributed by atoms with van der Waals surface area (Å²) in [5.41, 5.74) is 11.6. The molecule has 0 aromatic carbocycles. The normalized spacial score (nSPS) is 20.1. The van der Waals surface area contributed by atoms with Crippen LogP contribution in [0.1, 0.15) is 206 Å². The number of nitrogens with two attached hydrogens (primary N) is 2. The van der Waals surface area contributed by atoms with Crippen LogP contribution in [0.5, 0.6) is 0 Å². The number of rotatable bonds is 32. The van der Waals surface area contributed by atoms with Gasteiger partial charge < -0.3 is 16.8 Å². The van der Waals surface area contributed by atoms with E-state index < -0.39 is 11.8 Å². The van der Waals surface area contributed by atoms with Crippen molar-refractivity contribution >= 4 is 11.8 Å². The molecule has 1 aliphatic heterocycles. The van der Waals surface area contributed by atoms with Crippen LogP contribution < -0.4 is 16.8 Å². The first kappa shape index (κ1) is 39.9. The number of amides is 2. The molecule has 1 heterocycles. The van der Waals surface area contributed by atoms with Crippen molar-refractivity contribution in [1.82, 2.24) is 5.32 Å². The molecule has 4 unspecified atom stereocenters. The van der Waals surface area contributed by atoms with Gasteiger partial charge in [-0.1, -0.05) is 194 Å². The van der Waals surface area contributed by atoms with Gasteiger partial charge in [0.05, 0.1) is 11.8 Å². The Morgan fingerprint density at radius 3 is 0.814 bits per heavy atom. The second-order valence-electron chi connectivity index (χ2n) is 14.0. The van der Waals surface area contributed by atoms with Crippen molar-refractivity contribution in [2.75, 3.05) is 0 Å². The fraction of sp³-hybridized carbons (Fsp3) is 0.947. The van der Waals surface area contributed by atoms with Crippen molar-refractivity contribution in [3.63, 3.8) is 0 Å². The van der Waals surface area contributed by atoms with Gasteiger partial charge in [0, 0.05) is 12.1 Å². The van der Waals surface area contributed by atoms with Crippen molar-refractivity contribution in [2.24, 2.45) is 23.3 Å². The molecule has 254 valence electrons. The third-order valence-corrected chi connectivity index (χ3v) is 10.1. The summed E-state index contributed by atoms with van der Waals surface area (Å²) in [6, 6.07) is -0.0204. The molecule has 2 amide bonds. The van der Waals surface area contributed by atoms with E-state index in [1.54, 1.807) is 0 Å². The molecule has 5 heteroatoms. The number of nitrogens with one attached hydrogen (secondary N) is 1. The number of primary amides is 2. The van der Waals surface area contributed by atoms with Crippen LogP contribution in [0.3, 0.4) is 0 Å². The minimum atomic E-state index is -0.462. The molecule has 0 spiro atoms. The van der Waals surface area contributed by atoms with Gasteiger partial charge in [0.2, 0.25) is 11.8 Å². The van der Waals surface area contributed by atoms with Gasteiger partial charge in [0.15, 0.2) is 0 Å². The highest BCUT2D eigenvalue weighted by molar-refractivity contribution is 5.88. The van der Waals surface area contributed by atoms with Crippen LogP contribution in [-0.4, -0.2) is 23.9 Å². The van der Waals surface area contributed by atoms with Crippen LogP contribution in [0.4, 0.5) is 0 Å². The van der Waals surface area contributed by atoms with Crippen molar-refractivity contribution in [3.8, 4) is 0 Å². The fourth-order valence-electron chi connectivity index (χ4n) is 7.38. The Morgan fingerprint density at radius 2 is 0.605 bits per heavy atom. The molecule has 0 saturated carbocycles. The minimum Gasteiger partial charge on any atom is -0.369 e. The predicted molar refractivity (Wildman–Crippen MR) is 186 cm³/mol. The van der Waals surface area contributed by atoms with E-state index in [2.05, 4.69) is 19.2 Å². The largest absolute Gasteiger partial charge is 0.369 e. The van der Waals surface area contributed by atoms with Crippen LogP contribution in [0.25, 0.3) is 0 Å². The lowest BCUT2D eigenvalue weighted by Gasteiger charge is -2.20. The van der Waals surface area contributed by atoms with Crippen molar-refractivity contribution in [1.29, 1.82) is 0 Å². The standard InChI is InChI=1S/C38H75N3O2/c1-3-5-7-9-11-13-15-17-19-21-23-25-27-29-31-33-35(37(39)42)36(38(40)43)34(41-33)32-30-28-26-24-22-20-18-16-14-12-10-8-6-4-2/h33-36,41H,3-32H2,1-2H3,(H2,39,42)(H2,40,43). The zero-order valence-electron chi connectivity index (χ0n) is 29.0. The van der Waals surface area contributed by atoms with Gasteiger partial charge in [0.25, 0.3) is 0 Å². The number of hydrogen-bond acceptors (Lipinski definition) is 3. The molecule has 0 aromatic heterocycles. The molecule has 5 nitrogen and oxygen atoms in total. The van der Waals surface area contributed by atoms with Gasteiger partial charge in [-0.25, -0.2) is 0 Å². The second kappa shape index (κ2) is 28.4. The average Bonchev–Trinajstić information content (AvgIpc) is 3.36. The van der Waals surface area contributed by atoms with E-state index in [4.69, 9.17) is 11.5 Å². The summed E-state index contributed by atoms with van der Waals surface area (Å²) in [5.74, 6) is -1.66. The van der Waals surface area contributed by atoms with E-state index in [0.717, 1.165) is 25.7 Å². The van der Waals surface area contributed by atoms with Gasteiger partial charge >= 0.3 is 0 Å². The van der Waals surface area contributed by atoms with Crippen LogP contribution in [0, 0.1) is 11.8 Å². The first-order valence-corrected chi connectivity index (χ1v) is 19.4. The van der Waals surface area contributed by atoms with Crippen molar-refractivity contribution in [3.05, 3.63) is 0 Å². The molecule has 1 aliphatic rings. The predicted octanol–water partition coefficient (Wildman–Crippen LogP) is 10.3. The highest BCUT2D eigenvalue weighted by Gasteiger charge is 2.48. The maximum absolute atomic E-state index is 12.4. The summed E-state index contributed by atoms with van der Waals surface area (Å²) in [4.78, 5) is 24.8. The first-order chi connectivity index (χ1) is 21.0. The summed E-state index contributed by atoms with van der Waals surface area (Å²) in [5, 5.41) is 3.65. The van der Waals surface area contributed by atoms with Crippen molar-refractivity contribution < 1.29 is 9.59 Å². The Labute approximate surface area is 268 Å². The summed E-state index contributed by atoms with van der Waals surface area (Å²) in [6.45, 7) is 4.56. The molecule has 43 heavy (non-hydrogen) atoms. The molecule has 0 radical (unpaired) electrons. The average molecular weight is 606 g/mol. The van der Waals surface area contributed by atoms with E-state index in [9.17, 15) is 9.59 Å². The SMILES string of the molecule is CCCCCCCCCCCCCCCCC1NC(CCCCCCCCCCCCCCCC)C(C(N)=O)C1C(N)=O. The Bertz CT molecular complexity index is 601. The van der Waals surface area contributed by atoms with E-state index in [-0.39, 0.29) is 23.9 Å². The summed E-state index contributed by atoms with van der Waals surface area (Å²) in [6.07, 6.45) is 39.2. The van der Waals surface area contributed by atoms with Crippen LogP contribution in [-0.2, 0) is 9.59 Å². The molecule has 0 aliphatic carbocycles. The van der Waals surface area contributed by atoms with Gasteiger partial charge in [0.1, 0.15) is 0 Å². The van der Waals surface area contributed by atoms with Gasteiger partial charge in [-0.2, -0.15) is 0 Å². The molecule has 4 atom stereocenters. The lowest BCUT2D eigenvalue weighted by Crippen LogP contribution is -2.41. The summed E-state index contributed by atoms with van der Waals surface area (Å²) < 4.78 is 0. The Kier molecular flexibility index (Phi) is 26.3. The number of carbonyl (C=O) groups excluding carboxylic acids is 2. The zero-order valence-corrected chi connectivity index (χ0v) is 29.0. The van der Waals surface area contributed by atoms with Crippen LogP contribution in [0.2, 0.25) is 0 Å². The highest BCUT2D eigenvalue weighted by atomic mass is 16.2. The lowest BCUT2D eigenvalue weighted by molar-refractivity contribution is -0.131. The van der Waals surface area contributed by atoms with Crippen LogP contribution >= 0.6 is 0 Å². The molecule has 1 rings (SSSR count).